The average molecular weight is 504 g/mol. The molecule has 0 fully saturated rings. The molecule has 0 aromatic heterocycles. The predicted octanol–water partition coefficient (Wildman–Crippen LogP) is 6.75. The lowest BCUT2D eigenvalue weighted by molar-refractivity contribution is -0.384. The van der Waals surface area contributed by atoms with Gasteiger partial charge in [0.1, 0.15) is 5.75 Å². The summed E-state index contributed by atoms with van der Waals surface area (Å²) in [5, 5.41) is 11.1. The average Bonchev–Trinajstić information content (AvgIpc) is 2.82. The van der Waals surface area contributed by atoms with E-state index in [4.69, 9.17) is 18.6 Å². The third-order valence-corrected chi connectivity index (χ3v) is 11.2. The molecule has 0 saturated carbocycles. The van der Waals surface area contributed by atoms with Gasteiger partial charge in [0.05, 0.1) is 31.4 Å². The van der Waals surface area contributed by atoms with Gasteiger partial charge in [0.2, 0.25) is 0 Å². The normalized spacial score (nSPS) is 13.9. The Morgan fingerprint density at radius 1 is 0.971 bits per heavy atom. The van der Waals surface area contributed by atoms with Crippen molar-refractivity contribution in [1.29, 1.82) is 0 Å². The van der Waals surface area contributed by atoms with Crippen LogP contribution in [0, 0.1) is 16.0 Å². The molecule has 2 rings (SSSR count). The predicted molar refractivity (Wildman–Crippen MR) is 141 cm³/mol. The van der Waals surface area contributed by atoms with E-state index in [1.165, 1.54) is 12.1 Å². The van der Waals surface area contributed by atoms with Crippen molar-refractivity contribution >= 4 is 14.0 Å². The first-order valence-corrected chi connectivity index (χ1v) is 15.0. The molecule has 35 heavy (non-hydrogen) atoms. The Morgan fingerprint density at radius 3 is 2.09 bits per heavy atom. The minimum atomic E-state index is -1.87. The zero-order chi connectivity index (χ0) is 26.1. The number of nitrogens with zero attached hydrogens (tertiary/aromatic N) is 1. The molecule has 0 bridgehead atoms. The Kier molecular flexibility index (Phi) is 10.9. The van der Waals surface area contributed by atoms with Crippen LogP contribution in [0.5, 0.6) is 5.75 Å². The lowest BCUT2D eigenvalue weighted by Gasteiger charge is -2.38. The molecule has 0 aliphatic heterocycles. The molecule has 0 aliphatic rings. The van der Waals surface area contributed by atoms with Crippen LogP contribution in [0.15, 0.2) is 48.5 Å². The van der Waals surface area contributed by atoms with Gasteiger partial charge in [0.25, 0.3) is 5.69 Å². The van der Waals surface area contributed by atoms with Gasteiger partial charge in [0.15, 0.2) is 8.32 Å². The monoisotopic (exact) mass is 503 g/mol. The molecule has 2 aromatic rings. The van der Waals surface area contributed by atoms with Gasteiger partial charge in [-0.25, -0.2) is 0 Å². The summed E-state index contributed by atoms with van der Waals surface area (Å²) in [6.45, 7) is 15.4. The Morgan fingerprint density at radius 2 is 1.54 bits per heavy atom. The molecule has 0 aliphatic carbocycles. The summed E-state index contributed by atoms with van der Waals surface area (Å²) in [5.74, 6) is 0.996. The number of non-ortho nitro benzene ring substituents is 1. The van der Waals surface area contributed by atoms with E-state index in [9.17, 15) is 10.1 Å². The molecular weight excluding hydrogens is 462 g/mol. The van der Waals surface area contributed by atoms with Crippen molar-refractivity contribution in [2.75, 3.05) is 20.3 Å². The highest BCUT2D eigenvalue weighted by Crippen LogP contribution is 2.37. The maximum atomic E-state index is 10.9. The van der Waals surface area contributed by atoms with Crippen molar-refractivity contribution in [2.45, 2.75) is 71.6 Å². The Labute approximate surface area is 211 Å². The highest BCUT2D eigenvalue weighted by atomic mass is 28.4. The topological polar surface area (TPSA) is 80.1 Å². The first-order valence-electron chi connectivity index (χ1n) is 12.1. The lowest BCUT2D eigenvalue weighted by Crippen LogP contribution is -2.43. The number of hydrogen-bond donors (Lipinski definition) is 0. The second-order valence-electron chi connectivity index (χ2n) is 10.5. The summed E-state index contributed by atoms with van der Waals surface area (Å²) in [7, 11) is -0.217. The fourth-order valence-electron chi connectivity index (χ4n) is 3.22. The first kappa shape index (κ1) is 29.0. The highest BCUT2D eigenvalue weighted by molar-refractivity contribution is 6.74. The molecule has 0 saturated heterocycles. The van der Waals surface area contributed by atoms with Crippen LogP contribution < -0.4 is 4.74 Å². The Balaban J connectivity index is 1.96. The number of nitro groups is 1. The third-order valence-electron chi connectivity index (χ3n) is 6.73. The molecule has 0 spiro atoms. The van der Waals surface area contributed by atoms with Gasteiger partial charge in [-0.05, 0) is 59.9 Å². The minimum Gasteiger partial charge on any atom is -0.497 e. The molecule has 0 amide bonds. The fraction of sp³-hybridized carbons (Fsp3) is 0.556. The van der Waals surface area contributed by atoms with Gasteiger partial charge in [-0.3, -0.25) is 10.1 Å². The Bertz CT molecular complexity index is 909. The van der Waals surface area contributed by atoms with Gasteiger partial charge in [-0.1, -0.05) is 39.8 Å². The Hall–Kier alpha value is -2.26. The molecule has 0 radical (unpaired) electrons. The summed E-state index contributed by atoms with van der Waals surface area (Å²) >= 11 is 0. The lowest BCUT2D eigenvalue weighted by atomic mass is 10.0. The zero-order valence-electron chi connectivity index (χ0n) is 22.2. The molecule has 194 valence electrons. The minimum absolute atomic E-state index is 0.0640. The fourth-order valence-corrected chi connectivity index (χ4v) is 4.34. The largest absolute Gasteiger partial charge is 0.497 e. The maximum absolute atomic E-state index is 10.9. The molecule has 8 heteroatoms. The molecule has 0 N–H and O–H groups in total. The van der Waals surface area contributed by atoms with Crippen LogP contribution in [0.25, 0.3) is 0 Å². The molecular formula is C27H41NO6Si. The van der Waals surface area contributed by atoms with Crippen molar-refractivity contribution in [3.8, 4) is 5.75 Å². The summed E-state index contributed by atoms with van der Waals surface area (Å²) in [5.41, 5.74) is 2.06. The van der Waals surface area contributed by atoms with Crippen molar-refractivity contribution < 1.29 is 23.6 Å². The number of hydrogen-bond acceptors (Lipinski definition) is 6. The standard InChI is InChI=1S/C27H41NO6Si/c1-21(18-34-35(6,7)27(2,3)4)26(33-20-23-8-12-24(13-9-23)28(29)30)16-17-32-19-22-10-14-25(31-5)15-11-22/h8-15,21,26H,16-20H2,1-7H3/t21-,26+/m1/s1. The van der Waals surface area contributed by atoms with Crippen LogP contribution in [-0.2, 0) is 27.1 Å². The molecule has 7 nitrogen and oxygen atoms in total. The summed E-state index contributed by atoms with van der Waals surface area (Å²) < 4.78 is 23.9. The van der Waals surface area contributed by atoms with Gasteiger partial charge < -0.3 is 18.6 Å². The van der Waals surface area contributed by atoms with E-state index in [0.29, 0.717) is 26.4 Å². The third kappa shape index (κ3) is 9.37. The summed E-state index contributed by atoms with van der Waals surface area (Å²) in [6, 6.07) is 14.3. The SMILES string of the molecule is COc1ccc(COCC[C@H](OCc2ccc([N+](=O)[O-])cc2)[C@H](C)CO[Si](C)(C)C(C)(C)C)cc1. The van der Waals surface area contributed by atoms with Crippen LogP contribution in [0.1, 0.15) is 45.2 Å². The van der Waals surface area contributed by atoms with Crippen LogP contribution in [0.2, 0.25) is 18.1 Å². The number of benzene rings is 2. The van der Waals surface area contributed by atoms with E-state index in [1.54, 1.807) is 19.2 Å². The van der Waals surface area contributed by atoms with Gasteiger partial charge in [0, 0.05) is 31.3 Å². The van der Waals surface area contributed by atoms with Crippen LogP contribution in [0.3, 0.4) is 0 Å². The molecule has 0 unspecified atom stereocenters. The quantitative estimate of drug-likeness (QED) is 0.123. The second kappa shape index (κ2) is 13.2. The number of ether oxygens (including phenoxy) is 3. The van der Waals surface area contributed by atoms with Crippen molar-refractivity contribution in [2.24, 2.45) is 5.92 Å². The van der Waals surface area contributed by atoms with E-state index >= 15 is 0 Å². The summed E-state index contributed by atoms with van der Waals surface area (Å²) in [4.78, 5) is 10.5. The van der Waals surface area contributed by atoms with E-state index in [2.05, 4.69) is 40.8 Å². The van der Waals surface area contributed by atoms with E-state index in [-0.39, 0.29) is 22.7 Å². The number of rotatable bonds is 14. The van der Waals surface area contributed by atoms with Crippen molar-refractivity contribution in [3.05, 3.63) is 69.8 Å². The van der Waals surface area contributed by atoms with E-state index in [1.807, 2.05) is 24.3 Å². The van der Waals surface area contributed by atoms with Crippen LogP contribution >= 0.6 is 0 Å². The van der Waals surface area contributed by atoms with Crippen LogP contribution in [0.4, 0.5) is 5.69 Å². The zero-order valence-corrected chi connectivity index (χ0v) is 23.2. The molecule has 0 heterocycles. The maximum Gasteiger partial charge on any atom is 0.269 e. The second-order valence-corrected chi connectivity index (χ2v) is 15.3. The first-order chi connectivity index (χ1) is 16.4. The molecule has 2 aromatic carbocycles. The summed E-state index contributed by atoms with van der Waals surface area (Å²) in [6.07, 6.45) is 0.663. The number of methoxy groups -OCH3 is 1. The van der Waals surface area contributed by atoms with Gasteiger partial charge in [-0.15, -0.1) is 0 Å². The van der Waals surface area contributed by atoms with Gasteiger partial charge in [-0.2, -0.15) is 0 Å². The van der Waals surface area contributed by atoms with Crippen molar-refractivity contribution in [3.63, 3.8) is 0 Å². The highest BCUT2D eigenvalue weighted by Gasteiger charge is 2.37. The molecule has 2 atom stereocenters. The smallest absolute Gasteiger partial charge is 0.269 e. The van der Waals surface area contributed by atoms with Crippen LogP contribution in [-0.4, -0.2) is 39.7 Å². The van der Waals surface area contributed by atoms with Gasteiger partial charge >= 0.3 is 0 Å². The van der Waals surface area contributed by atoms with E-state index < -0.39 is 13.2 Å². The van der Waals surface area contributed by atoms with E-state index in [0.717, 1.165) is 23.3 Å². The number of nitro benzene ring substituents is 1. The van der Waals surface area contributed by atoms with Crippen molar-refractivity contribution in [1.82, 2.24) is 0 Å².